The highest BCUT2D eigenvalue weighted by molar-refractivity contribution is 5.85. The molecule has 2 rings (SSSR count). The summed E-state index contributed by atoms with van der Waals surface area (Å²) in [5, 5.41) is 12.2. The zero-order valence-electron chi connectivity index (χ0n) is 9.63. The number of rotatable bonds is 3. The average molecular weight is 261 g/mol. The molecule has 0 radical (unpaired) electrons. The Hall–Kier alpha value is -1.04. The molecule has 2 atom stereocenters. The van der Waals surface area contributed by atoms with Gasteiger partial charge in [0.05, 0.1) is 12.3 Å². The molecule has 0 aromatic carbocycles. The zero-order chi connectivity index (χ0) is 11.5. The predicted octanol–water partition coefficient (Wildman–Crippen LogP) is 1.12. The Bertz CT molecular complexity index is 356. The topological polar surface area (TPSA) is 65.7 Å². The first-order chi connectivity index (χ1) is 7.70. The van der Waals surface area contributed by atoms with E-state index >= 15 is 0 Å². The van der Waals surface area contributed by atoms with Crippen LogP contribution in [0.4, 0.5) is 0 Å². The quantitative estimate of drug-likeness (QED) is 0.853. The van der Waals surface area contributed by atoms with Crippen LogP contribution in [0.2, 0.25) is 0 Å². The highest BCUT2D eigenvalue weighted by atomic mass is 35.5. The number of aliphatic carboxylic acids is 1. The van der Waals surface area contributed by atoms with Gasteiger partial charge in [-0.2, -0.15) is 0 Å². The third-order valence-corrected chi connectivity index (χ3v) is 3.02. The maximum atomic E-state index is 11.1. The second kappa shape index (κ2) is 6.05. The largest absolute Gasteiger partial charge is 0.480 e. The molecule has 2 N–H and O–H groups in total. The predicted molar refractivity (Wildman–Crippen MR) is 65.4 cm³/mol. The second-order valence-electron chi connectivity index (χ2n) is 3.99. The molecule has 0 aliphatic carbocycles. The summed E-state index contributed by atoms with van der Waals surface area (Å²) < 4.78 is 5.32. The number of halogens is 1. The van der Waals surface area contributed by atoms with E-state index in [0.29, 0.717) is 6.54 Å². The molecule has 0 amide bonds. The monoisotopic (exact) mass is 260 g/mol. The fraction of sp³-hybridized carbons (Fsp3) is 0.545. The molecule has 1 aliphatic heterocycles. The van der Waals surface area contributed by atoms with Gasteiger partial charge in [-0.15, -0.1) is 12.4 Å². The third kappa shape index (κ3) is 3.00. The molecule has 6 heteroatoms. The van der Waals surface area contributed by atoms with Crippen LogP contribution in [0.5, 0.6) is 0 Å². The van der Waals surface area contributed by atoms with Crippen molar-refractivity contribution in [3.8, 4) is 0 Å². The summed E-state index contributed by atoms with van der Waals surface area (Å²) in [5.74, 6) is 0.0266. The number of hydrogen-bond acceptors (Lipinski definition) is 4. The summed E-state index contributed by atoms with van der Waals surface area (Å²) >= 11 is 0. The van der Waals surface area contributed by atoms with Gasteiger partial charge in [0.25, 0.3) is 0 Å². The second-order valence-corrected chi connectivity index (χ2v) is 3.99. The van der Waals surface area contributed by atoms with Gasteiger partial charge in [-0.1, -0.05) is 0 Å². The molecule has 1 aromatic rings. The normalized spacial score (nSPS) is 22.8. The van der Waals surface area contributed by atoms with E-state index in [1.807, 2.05) is 24.0 Å². The summed E-state index contributed by atoms with van der Waals surface area (Å²) in [6.07, 6.45) is 1.61. The molecule has 2 unspecified atom stereocenters. The minimum atomic E-state index is -0.786. The van der Waals surface area contributed by atoms with E-state index < -0.39 is 12.0 Å². The van der Waals surface area contributed by atoms with E-state index in [2.05, 4.69) is 5.32 Å². The molecule has 5 nitrogen and oxygen atoms in total. The number of hydrogen-bond donors (Lipinski definition) is 2. The third-order valence-electron chi connectivity index (χ3n) is 3.02. The summed E-state index contributed by atoms with van der Waals surface area (Å²) in [6, 6.07) is 3.22. The number of carbonyl (C=O) groups is 1. The van der Waals surface area contributed by atoms with E-state index in [1.165, 1.54) is 0 Å². The zero-order valence-corrected chi connectivity index (χ0v) is 10.4. The molecule has 0 saturated carbocycles. The van der Waals surface area contributed by atoms with Crippen molar-refractivity contribution in [3.63, 3.8) is 0 Å². The van der Waals surface area contributed by atoms with Crippen molar-refractivity contribution < 1.29 is 14.3 Å². The van der Waals surface area contributed by atoms with Gasteiger partial charge in [0, 0.05) is 19.6 Å². The van der Waals surface area contributed by atoms with E-state index in [0.717, 1.165) is 18.8 Å². The van der Waals surface area contributed by atoms with E-state index in [1.54, 1.807) is 6.26 Å². The SMILES string of the molecule is CC(c1ccco1)N1CCNCC1C(=O)O.Cl. The smallest absolute Gasteiger partial charge is 0.322 e. The Labute approximate surface area is 106 Å². The van der Waals surface area contributed by atoms with Crippen molar-refractivity contribution in [1.82, 2.24) is 10.2 Å². The van der Waals surface area contributed by atoms with Crippen LogP contribution in [0.15, 0.2) is 22.8 Å². The number of carboxylic acid groups (broad SMARTS) is 1. The molecule has 2 heterocycles. The highest BCUT2D eigenvalue weighted by Gasteiger charge is 2.32. The number of carboxylic acids is 1. The van der Waals surface area contributed by atoms with Crippen molar-refractivity contribution >= 4 is 18.4 Å². The van der Waals surface area contributed by atoms with Crippen LogP contribution in [0.1, 0.15) is 18.7 Å². The maximum Gasteiger partial charge on any atom is 0.322 e. The number of nitrogens with zero attached hydrogens (tertiary/aromatic N) is 1. The molecule has 1 saturated heterocycles. The van der Waals surface area contributed by atoms with Crippen LogP contribution < -0.4 is 5.32 Å². The summed E-state index contributed by atoms with van der Waals surface area (Å²) in [5.41, 5.74) is 0. The van der Waals surface area contributed by atoms with Crippen LogP contribution in [0.25, 0.3) is 0 Å². The Morgan fingerprint density at radius 2 is 2.47 bits per heavy atom. The van der Waals surface area contributed by atoms with Gasteiger partial charge in [0.1, 0.15) is 11.8 Å². The van der Waals surface area contributed by atoms with Crippen LogP contribution in [0, 0.1) is 0 Å². The van der Waals surface area contributed by atoms with Crippen molar-refractivity contribution in [2.45, 2.75) is 19.0 Å². The summed E-state index contributed by atoms with van der Waals surface area (Å²) in [4.78, 5) is 13.1. The molecular formula is C11H17ClN2O3. The number of furan rings is 1. The lowest BCUT2D eigenvalue weighted by atomic mass is 10.1. The van der Waals surface area contributed by atoms with Crippen molar-refractivity contribution in [2.24, 2.45) is 0 Å². The lowest BCUT2D eigenvalue weighted by Gasteiger charge is -2.36. The minimum absolute atomic E-state index is 0. The van der Waals surface area contributed by atoms with E-state index in [-0.39, 0.29) is 18.4 Å². The molecule has 1 aromatic heterocycles. The van der Waals surface area contributed by atoms with Crippen LogP contribution in [-0.2, 0) is 4.79 Å². The maximum absolute atomic E-state index is 11.1. The van der Waals surface area contributed by atoms with Gasteiger partial charge in [-0.3, -0.25) is 9.69 Å². The van der Waals surface area contributed by atoms with Crippen molar-refractivity contribution in [3.05, 3.63) is 24.2 Å². The first-order valence-corrected chi connectivity index (χ1v) is 5.43. The molecule has 17 heavy (non-hydrogen) atoms. The standard InChI is InChI=1S/C11H16N2O3.ClH/c1-8(10-3-2-6-16-10)13-5-4-12-7-9(13)11(14)15;/h2-3,6,8-9,12H,4-5,7H2,1H3,(H,14,15);1H. The first-order valence-electron chi connectivity index (χ1n) is 5.43. The summed E-state index contributed by atoms with van der Waals surface area (Å²) in [6.45, 7) is 3.99. The first kappa shape index (κ1) is 14.0. The van der Waals surface area contributed by atoms with Gasteiger partial charge in [0.15, 0.2) is 0 Å². The van der Waals surface area contributed by atoms with Gasteiger partial charge in [0.2, 0.25) is 0 Å². The molecule has 0 bridgehead atoms. The van der Waals surface area contributed by atoms with Gasteiger partial charge < -0.3 is 14.8 Å². The van der Waals surface area contributed by atoms with Gasteiger partial charge in [-0.25, -0.2) is 0 Å². The van der Waals surface area contributed by atoms with Crippen molar-refractivity contribution in [1.29, 1.82) is 0 Å². The lowest BCUT2D eigenvalue weighted by molar-refractivity contribution is -0.145. The average Bonchev–Trinajstić information content (AvgIpc) is 2.81. The Kier molecular flexibility index (Phi) is 4.99. The van der Waals surface area contributed by atoms with E-state index in [4.69, 9.17) is 9.52 Å². The summed E-state index contributed by atoms with van der Waals surface area (Å²) in [7, 11) is 0. The molecule has 96 valence electrons. The van der Waals surface area contributed by atoms with E-state index in [9.17, 15) is 4.79 Å². The van der Waals surface area contributed by atoms with Crippen LogP contribution in [0.3, 0.4) is 0 Å². The number of nitrogens with one attached hydrogen (secondary N) is 1. The van der Waals surface area contributed by atoms with Crippen LogP contribution in [-0.4, -0.2) is 41.7 Å². The highest BCUT2D eigenvalue weighted by Crippen LogP contribution is 2.23. The van der Waals surface area contributed by atoms with Crippen LogP contribution >= 0.6 is 12.4 Å². The molecule has 1 aliphatic rings. The Balaban J connectivity index is 0.00000144. The fourth-order valence-corrected chi connectivity index (χ4v) is 2.11. The minimum Gasteiger partial charge on any atom is -0.480 e. The lowest BCUT2D eigenvalue weighted by Crippen LogP contribution is -2.55. The van der Waals surface area contributed by atoms with Gasteiger partial charge in [-0.05, 0) is 19.1 Å². The molecule has 0 spiro atoms. The van der Waals surface area contributed by atoms with Crippen molar-refractivity contribution in [2.75, 3.05) is 19.6 Å². The Morgan fingerprint density at radius 3 is 3.06 bits per heavy atom. The fourth-order valence-electron chi connectivity index (χ4n) is 2.11. The molecular weight excluding hydrogens is 244 g/mol. The Morgan fingerprint density at radius 1 is 1.71 bits per heavy atom. The number of piperazine rings is 1. The molecule has 1 fully saturated rings. The van der Waals surface area contributed by atoms with Gasteiger partial charge >= 0.3 is 5.97 Å².